The summed E-state index contributed by atoms with van der Waals surface area (Å²) in [4.78, 5) is 35.4. The number of halogens is 1. The molecule has 2 heterocycles. The van der Waals surface area contributed by atoms with E-state index in [0.717, 1.165) is 0 Å². The molecule has 10 nitrogen and oxygen atoms in total. The Labute approximate surface area is 195 Å². The van der Waals surface area contributed by atoms with Crippen molar-refractivity contribution >= 4 is 34.7 Å². The van der Waals surface area contributed by atoms with Crippen LogP contribution in [-0.4, -0.2) is 53.6 Å². The van der Waals surface area contributed by atoms with E-state index in [9.17, 15) is 19.3 Å². The van der Waals surface area contributed by atoms with Crippen molar-refractivity contribution in [2.45, 2.75) is 6.92 Å². The summed E-state index contributed by atoms with van der Waals surface area (Å²) in [6.07, 6.45) is 1.25. The minimum absolute atomic E-state index is 0.00698. The van der Waals surface area contributed by atoms with Crippen LogP contribution in [0.2, 0.25) is 0 Å². The van der Waals surface area contributed by atoms with Gasteiger partial charge in [0.05, 0.1) is 22.8 Å². The first kappa shape index (κ1) is 22.9. The summed E-state index contributed by atoms with van der Waals surface area (Å²) in [5.74, 6) is -0.609. The first-order valence-corrected chi connectivity index (χ1v) is 10.8. The van der Waals surface area contributed by atoms with Crippen LogP contribution in [0.4, 0.5) is 33.1 Å². The van der Waals surface area contributed by atoms with Gasteiger partial charge in [0, 0.05) is 31.9 Å². The highest BCUT2D eigenvalue weighted by Gasteiger charge is 2.30. The standard InChI is InChI=1S/C23H23FN6O4/c1-2-34-23(31)16-6-5-7-17(14-16)27-21-20(30(32)33)22(26-15-25-21)29-12-10-28(11-13-29)19-9-4-3-8-18(19)24/h3-9,14-15H,2,10-13H2,1H3,(H,25,26,27). The van der Waals surface area contributed by atoms with Crippen molar-refractivity contribution in [2.24, 2.45) is 0 Å². The lowest BCUT2D eigenvalue weighted by Gasteiger charge is -2.36. The molecule has 3 aromatic rings. The fraction of sp³-hybridized carbons (Fsp3) is 0.261. The molecule has 1 saturated heterocycles. The lowest BCUT2D eigenvalue weighted by molar-refractivity contribution is -0.383. The number of nitrogens with one attached hydrogen (secondary N) is 1. The van der Waals surface area contributed by atoms with Crippen LogP contribution in [0.25, 0.3) is 0 Å². The number of benzene rings is 2. The zero-order valence-electron chi connectivity index (χ0n) is 18.5. The van der Waals surface area contributed by atoms with Crippen LogP contribution >= 0.6 is 0 Å². The number of hydrogen-bond donors (Lipinski definition) is 1. The molecule has 34 heavy (non-hydrogen) atoms. The molecule has 0 radical (unpaired) electrons. The molecule has 0 atom stereocenters. The van der Waals surface area contributed by atoms with Crippen LogP contribution in [0.15, 0.2) is 54.9 Å². The molecule has 0 unspecified atom stereocenters. The van der Waals surface area contributed by atoms with Crippen LogP contribution in [-0.2, 0) is 4.74 Å². The largest absolute Gasteiger partial charge is 0.462 e. The summed E-state index contributed by atoms with van der Waals surface area (Å²) in [6, 6.07) is 13.0. The van der Waals surface area contributed by atoms with Crippen LogP contribution in [0.1, 0.15) is 17.3 Å². The second-order valence-electron chi connectivity index (χ2n) is 7.50. The molecule has 1 aliphatic heterocycles. The molecule has 176 valence electrons. The third kappa shape index (κ3) is 4.87. The van der Waals surface area contributed by atoms with E-state index in [1.807, 2.05) is 4.90 Å². The molecule has 0 saturated carbocycles. The van der Waals surface area contributed by atoms with E-state index in [-0.39, 0.29) is 29.7 Å². The molecule has 0 spiro atoms. The predicted molar refractivity (Wildman–Crippen MR) is 125 cm³/mol. The Balaban J connectivity index is 1.56. The summed E-state index contributed by atoms with van der Waals surface area (Å²) >= 11 is 0. The average Bonchev–Trinajstić information content (AvgIpc) is 2.84. The van der Waals surface area contributed by atoms with Crippen molar-refractivity contribution in [3.05, 3.63) is 76.4 Å². The highest BCUT2D eigenvalue weighted by atomic mass is 19.1. The van der Waals surface area contributed by atoms with Crippen LogP contribution < -0.4 is 15.1 Å². The average molecular weight is 466 g/mol. The topological polar surface area (TPSA) is 114 Å². The van der Waals surface area contributed by atoms with Gasteiger partial charge in [0.25, 0.3) is 0 Å². The van der Waals surface area contributed by atoms with Crippen molar-refractivity contribution < 1.29 is 18.8 Å². The van der Waals surface area contributed by atoms with Gasteiger partial charge in [-0.3, -0.25) is 10.1 Å². The van der Waals surface area contributed by atoms with Gasteiger partial charge in [-0.2, -0.15) is 0 Å². The Morgan fingerprint density at radius 1 is 1.12 bits per heavy atom. The summed E-state index contributed by atoms with van der Waals surface area (Å²) in [7, 11) is 0. The maximum Gasteiger partial charge on any atom is 0.353 e. The highest BCUT2D eigenvalue weighted by molar-refractivity contribution is 5.91. The minimum atomic E-state index is -0.532. The second kappa shape index (κ2) is 10.1. The number of rotatable bonds is 7. The van der Waals surface area contributed by atoms with E-state index in [2.05, 4.69) is 15.3 Å². The van der Waals surface area contributed by atoms with E-state index < -0.39 is 10.9 Å². The van der Waals surface area contributed by atoms with Crippen molar-refractivity contribution in [1.82, 2.24) is 9.97 Å². The number of piperazine rings is 1. The highest BCUT2D eigenvalue weighted by Crippen LogP contribution is 2.34. The van der Waals surface area contributed by atoms with Gasteiger partial charge in [0.15, 0.2) is 0 Å². The monoisotopic (exact) mass is 466 g/mol. The van der Waals surface area contributed by atoms with Gasteiger partial charge < -0.3 is 19.9 Å². The smallest absolute Gasteiger partial charge is 0.353 e. The van der Waals surface area contributed by atoms with Crippen molar-refractivity contribution in [1.29, 1.82) is 0 Å². The summed E-state index contributed by atoms with van der Waals surface area (Å²) in [5.41, 5.74) is 0.988. The zero-order chi connectivity index (χ0) is 24.1. The molecule has 1 aliphatic rings. The number of esters is 1. The lowest BCUT2D eigenvalue weighted by atomic mass is 10.2. The van der Waals surface area contributed by atoms with Crippen LogP contribution in [0.5, 0.6) is 0 Å². The molecule has 2 aromatic carbocycles. The van der Waals surface area contributed by atoms with E-state index in [0.29, 0.717) is 43.1 Å². The van der Waals surface area contributed by atoms with Crippen LogP contribution in [0.3, 0.4) is 0 Å². The summed E-state index contributed by atoms with van der Waals surface area (Å²) in [6.45, 7) is 3.75. The molecule has 1 fully saturated rings. The van der Waals surface area contributed by atoms with E-state index in [1.165, 1.54) is 18.5 Å². The molecule has 1 aromatic heterocycles. The van der Waals surface area contributed by atoms with E-state index in [1.54, 1.807) is 48.2 Å². The number of nitrogens with zero attached hydrogens (tertiary/aromatic N) is 5. The Hall–Kier alpha value is -4.28. The second-order valence-corrected chi connectivity index (χ2v) is 7.50. The number of anilines is 4. The molecule has 0 bridgehead atoms. The van der Waals surface area contributed by atoms with Crippen molar-refractivity contribution in [2.75, 3.05) is 47.9 Å². The number of carbonyl (C=O) groups excluding carboxylic acids is 1. The van der Waals surface area contributed by atoms with Crippen molar-refractivity contribution in [3.63, 3.8) is 0 Å². The van der Waals surface area contributed by atoms with Crippen molar-refractivity contribution in [3.8, 4) is 0 Å². The first-order valence-electron chi connectivity index (χ1n) is 10.8. The molecule has 1 N–H and O–H groups in total. The van der Waals surface area contributed by atoms with Gasteiger partial charge in [0.1, 0.15) is 12.1 Å². The van der Waals surface area contributed by atoms with Gasteiger partial charge in [-0.1, -0.05) is 18.2 Å². The number of ether oxygens (including phenoxy) is 1. The number of para-hydroxylation sites is 1. The fourth-order valence-electron chi connectivity index (χ4n) is 3.80. The molecule has 4 rings (SSSR count). The summed E-state index contributed by atoms with van der Waals surface area (Å²) < 4.78 is 19.1. The lowest BCUT2D eigenvalue weighted by Crippen LogP contribution is -2.47. The SMILES string of the molecule is CCOC(=O)c1cccc(Nc2ncnc(N3CCN(c4ccccc4F)CC3)c2[N+](=O)[O-])c1. The van der Waals surface area contributed by atoms with Crippen LogP contribution in [0, 0.1) is 15.9 Å². The molecule has 0 amide bonds. The zero-order valence-corrected chi connectivity index (χ0v) is 18.5. The van der Waals surface area contributed by atoms with Gasteiger partial charge in [-0.05, 0) is 37.3 Å². The maximum absolute atomic E-state index is 14.1. The molecular formula is C23H23FN6O4. The van der Waals surface area contributed by atoms with Gasteiger partial charge in [-0.25, -0.2) is 19.2 Å². The number of carbonyl (C=O) groups is 1. The normalized spacial score (nSPS) is 13.5. The van der Waals surface area contributed by atoms with E-state index in [4.69, 9.17) is 4.74 Å². The summed E-state index contributed by atoms with van der Waals surface area (Å²) in [5, 5.41) is 14.9. The third-order valence-electron chi connectivity index (χ3n) is 5.39. The Morgan fingerprint density at radius 3 is 2.56 bits per heavy atom. The quantitative estimate of drug-likeness (QED) is 0.316. The van der Waals surface area contributed by atoms with Gasteiger partial charge in [-0.15, -0.1) is 0 Å². The minimum Gasteiger partial charge on any atom is -0.462 e. The maximum atomic E-state index is 14.1. The van der Waals surface area contributed by atoms with Gasteiger partial charge in [0.2, 0.25) is 11.6 Å². The molecule has 0 aliphatic carbocycles. The fourth-order valence-corrected chi connectivity index (χ4v) is 3.80. The third-order valence-corrected chi connectivity index (χ3v) is 5.39. The number of hydrogen-bond acceptors (Lipinski definition) is 9. The Morgan fingerprint density at radius 2 is 1.85 bits per heavy atom. The number of nitro groups is 1. The predicted octanol–water partition coefficient (Wildman–Crippen LogP) is 3.77. The van der Waals surface area contributed by atoms with Gasteiger partial charge >= 0.3 is 11.7 Å². The number of aromatic nitrogens is 2. The first-order chi connectivity index (χ1) is 16.5. The Kier molecular flexibility index (Phi) is 6.81. The Bertz CT molecular complexity index is 1200. The molecular weight excluding hydrogens is 443 g/mol. The molecule has 11 heteroatoms. The van der Waals surface area contributed by atoms with E-state index >= 15 is 0 Å².